The molecule has 1 heterocycles. The molecule has 1 saturated heterocycles. The SMILES string of the molecule is OC1(O)CCCOC12CCC2(O)O. The van der Waals surface area contributed by atoms with Gasteiger partial charge in [0.1, 0.15) is 0 Å². The van der Waals surface area contributed by atoms with E-state index in [2.05, 4.69) is 0 Å². The van der Waals surface area contributed by atoms with Crippen molar-refractivity contribution in [1.82, 2.24) is 0 Å². The first-order valence-electron chi connectivity index (χ1n) is 4.45. The number of hydrogen-bond acceptors (Lipinski definition) is 5. The average Bonchev–Trinajstić information content (AvgIpc) is 2.01. The Balaban J connectivity index is 2.29. The molecule has 2 aliphatic rings. The van der Waals surface area contributed by atoms with Gasteiger partial charge in [-0.1, -0.05) is 0 Å². The zero-order valence-electron chi connectivity index (χ0n) is 7.23. The Morgan fingerprint density at radius 2 is 1.46 bits per heavy atom. The van der Waals surface area contributed by atoms with Gasteiger partial charge in [-0.2, -0.15) is 0 Å². The summed E-state index contributed by atoms with van der Waals surface area (Å²) in [6.45, 7) is 0.339. The van der Waals surface area contributed by atoms with Crippen LogP contribution < -0.4 is 0 Å². The number of aliphatic hydroxyl groups is 4. The summed E-state index contributed by atoms with van der Waals surface area (Å²) in [5, 5.41) is 38.1. The molecule has 13 heavy (non-hydrogen) atoms. The highest BCUT2D eigenvalue weighted by molar-refractivity contribution is 5.12. The van der Waals surface area contributed by atoms with Crippen LogP contribution in [0.25, 0.3) is 0 Å². The average molecular weight is 190 g/mol. The Hall–Kier alpha value is -0.200. The molecule has 76 valence electrons. The molecule has 0 amide bonds. The summed E-state index contributed by atoms with van der Waals surface area (Å²) in [7, 11) is 0. The van der Waals surface area contributed by atoms with Crippen molar-refractivity contribution in [3.05, 3.63) is 0 Å². The van der Waals surface area contributed by atoms with E-state index < -0.39 is 17.2 Å². The molecule has 0 bridgehead atoms. The van der Waals surface area contributed by atoms with Gasteiger partial charge in [0.25, 0.3) is 0 Å². The van der Waals surface area contributed by atoms with Gasteiger partial charge in [-0.15, -0.1) is 0 Å². The lowest BCUT2D eigenvalue weighted by Gasteiger charge is -2.59. The molecule has 2 fully saturated rings. The highest BCUT2D eigenvalue weighted by Gasteiger charge is 2.70. The van der Waals surface area contributed by atoms with Crippen molar-refractivity contribution >= 4 is 0 Å². The Morgan fingerprint density at radius 3 is 1.77 bits per heavy atom. The topological polar surface area (TPSA) is 90.2 Å². The highest BCUT2D eigenvalue weighted by Crippen LogP contribution is 2.52. The van der Waals surface area contributed by atoms with E-state index in [-0.39, 0.29) is 19.3 Å². The van der Waals surface area contributed by atoms with E-state index in [1.165, 1.54) is 0 Å². The van der Waals surface area contributed by atoms with Crippen LogP contribution in [0.5, 0.6) is 0 Å². The second-order valence-corrected chi connectivity index (χ2v) is 3.91. The first-order chi connectivity index (χ1) is 5.91. The van der Waals surface area contributed by atoms with E-state index in [4.69, 9.17) is 4.74 Å². The van der Waals surface area contributed by atoms with Crippen molar-refractivity contribution in [3.63, 3.8) is 0 Å². The van der Waals surface area contributed by atoms with Crippen molar-refractivity contribution in [3.8, 4) is 0 Å². The van der Waals surface area contributed by atoms with Crippen LogP contribution in [0.2, 0.25) is 0 Å². The molecular formula is C8H14O5. The van der Waals surface area contributed by atoms with Crippen LogP contribution >= 0.6 is 0 Å². The molecule has 1 aliphatic carbocycles. The Bertz CT molecular complexity index is 225. The van der Waals surface area contributed by atoms with Gasteiger partial charge in [0.15, 0.2) is 17.2 Å². The van der Waals surface area contributed by atoms with Gasteiger partial charge in [0.2, 0.25) is 0 Å². The fraction of sp³-hybridized carbons (Fsp3) is 1.00. The monoisotopic (exact) mass is 190 g/mol. The van der Waals surface area contributed by atoms with Crippen LogP contribution in [0.1, 0.15) is 25.7 Å². The Labute approximate surface area is 75.6 Å². The van der Waals surface area contributed by atoms with Gasteiger partial charge in [0.05, 0.1) is 0 Å². The molecule has 1 unspecified atom stereocenters. The zero-order chi connectivity index (χ0) is 9.74. The maximum atomic E-state index is 9.59. The molecule has 5 heteroatoms. The van der Waals surface area contributed by atoms with Gasteiger partial charge >= 0.3 is 0 Å². The Morgan fingerprint density at radius 1 is 0.846 bits per heavy atom. The minimum Gasteiger partial charge on any atom is -0.364 e. The van der Waals surface area contributed by atoms with E-state index in [0.717, 1.165) is 0 Å². The molecule has 1 atom stereocenters. The number of ether oxygens (including phenoxy) is 1. The van der Waals surface area contributed by atoms with E-state index in [1.54, 1.807) is 0 Å². The molecule has 2 rings (SSSR count). The van der Waals surface area contributed by atoms with E-state index in [0.29, 0.717) is 13.0 Å². The lowest BCUT2D eigenvalue weighted by atomic mass is 9.65. The third-order valence-corrected chi connectivity index (χ3v) is 3.14. The van der Waals surface area contributed by atoms with Gasteiger partial charge < -0.3 is 25.2 Å². The smallest absolute Gasteiger partial charge is 0.198 e. The predicted molar refractivity (Wildman–Crippen MR) is 41.5 cm³/mol. The molecule has 0 aromatic rings. The largest absolute Gasteiger partial charge is 0.364 e. The highest BCUT2D eigenvalue weighted by atomic mass is 16.6. The quantitative estimate of drug-likeness (QED) is 0.356. The van der Waals surface area contributed by atoms with Gasteiger partial charge in [-0.3, -0.25) is 0 Å². The van der Waals surface area contributed by atoms with E-state index in [1.807, 2.05) is 0 Å². The van der Waals surface area contributed by atoms with Crippen LogP contribution in [0.3, 0.4) is 0 Å². The summed E-state index contributed by atoms with van der Waals surface area (Å²) >= 11 is 0. The summed E-state index contributed by atoms with van der Waals surface area (Å²) in [5.41, 5.74) is -1.59. The molecule has 0 aromatic carbocycles. The first-order valence-corrected chi connectivity index (χ1v) is 4.45. The molecular weight excluding hydrogens is 176 g/mol. The number of rotatable bonds is 0. The van der Waals surface area contributed by atoms with Crippen LogP contribution in [-0.2, 0) is 4.74 Å². The molecule has 1 aliphatic heterocycles. The summed E-state index contributed by atoms with van der Waals surface area (Å²) in [5.74, 6) is -4.22. The lowest BCUT2D eigenvalue weighted by molar-refractivity contribution is -0.444. The van der Waals surface area contributed by atoms with Crippen molar-refractivity contribution in [2.45, 2.75) is 42.9 Å². The van der Waals surface area contributed by atoms with Gasteiger partial charge in [0, 0.05) is 19.4 Å². The minimum absolute atomic E-state index is 0.121. The summed E-state index contributed by atoms with van der Waals surface area (Å²) in [6.07, 6.45) is 1.03. The second-order valence-electron chi connectivity index (χ2n) is 3.91. The van der Waals surface area contributed by atoms with Crippen LogP contribution in [0.4, 0.5) is 0 Å². The zero-order valence-corrected chi connectivity index (χ0v) is 7.23. The fourth-order valence-electron chi connectivity index (χ4n) is 2.17. The maximum absolute atomic E-state index is 9.59. The Kier molecular flexibility index (Phi) is 1.75. The van der Waals surface area contributed by atoms with Gasteiger partial charge in [-0.25, -0.2) is 0 Å². The van der Waals surface area contributed by atoms with Crippen molar-refractivity contribution in [2.24, 2.45) is 0 Å². The van der Waals surface area contributed by atoms with Crippen LogP contribution in [0.15, 0.2) is 0 Å². The summed E-state index contributed by atoms with van der Waals surface area (Å²) < 4.78 is 5.13. The van der Waals surface area contributed by atoms with E-state index in [9.17, 15) is 20.4 Å². The van der Waals surface area contributed by atoms with Crippen molar-refractivity contribution in [1.29, 1.82) is 0 Å². The predicted octanol–water partition coefficient (Wildman–Crippen LogP) is -1.31. The summed E-state index contributed by atoms with van der Waals surface area (Å²) in [6, 6.07) is 0. The molecule has 5 nitrogen and oxygen atoms in total. The normalized spacial score (nSPS) is 41.5. The maximum Gasteiger partial charge on any atom is 0.198 e. The standard InChI is InChI=1S/C8H14O5/c9-7(10)2-1-5-13-6(7)3-4-8(6,11)12/h9-12H,1-5H2. The van der Waals surface area contributed by atoms with E-state index >= 15 is 0 Å². The molecule has 4 N–H and O–H groups in total. The number of hydrogen-bond donors (Lipinski definition) is 4. The third kappa shape index (κ3) is 0.992. The van der Waals surface area contributed by atoms with Crippen LogP contribution in [0, 0.1) is 0 Å². The molecule has 1 saturated carbocycles. The minimum atomic E-state index is -2.12. The fourth-order valence-corrected chi connectivity index (χ4v) is 2.17. The molecule has 0 radical (unpaired) electrons. The second kappa shape index (κ2) is 2.43. The molecule has 0 aromatic heterocycles. The molecule has 1 spiro atoms. The van der Waals surface area contributed by atoms with Crippen LogP contribution in [-0.4, -0.2) is 44.2 Å². The summed E-state index contributed by atoms with van der Waals surface area (Å²) in [4.78, 5) is 0. The first kappa shape index (κ1) is 9.36. The van der Waals surface area contributed by atoms with Crippen molar-refractivity contribution in [2.75, 3.05) is 6.61 Å². The lowest BCUT2D eigenvalue weighted by Crippen LogP contribution is -2.76. The third-order valence-electron chi connectivity index (χ3n) is 3.14. The van der Waals surface area contributed by atoms with Gasteiger partial charge in [-0.05, 0) is 12.8 Å². The van der Waals surface area contributed by atoms with Crippen molar-refractivity contribution < 1.29 is 25.2 Å².